The number of hydrogen-bond donors (Lipinski definition) is 1. The van der Waals surface area contributed by atoms with Gasteiger partial charge in [0, 0.05) is 5.56 Å². The first-order chi connectivity index (χ1) is 10.3. The summed E-state index contributed by atoms with van der Waals surface area (Å²) in [4.78, 5) is 11.5. The van der Waals surface area contributed by atoms with Crippen LogP contribution in [0.1, 0.15) is 42.0 Å². The number of terminal acetylenes is 1. The van der Waals surface area contributed by atoms with Crippen LogP contribution in [-0.4, -0.2) is 17.0 Å². The van der Waals surface area contributed by atoms with E-state index >= 15 is 0 Å². The van der Waals surface area contributed by atoms with Crippen molar-refractivity contribution < 1.29 is 36.2 Å². The molecule has 0 heterocycles. The lowest BCUT2D eigenvalue weighted by Gasteiger charge is -2.22. The van der Waals surface area contributed by atoms with Crippen LogP contribution in [0.25, 0.3) is 0 Å². The summed E-state index contributed by atoms with van der Waals surface area (Å²) in [7, 11) is 0. The molecule has 126 valence electrons. The summed E-state index contributed by atoms with van der Waals surface area (Å²) in [6, 6.07) is 0.756. The van der Waals surface area contributed by atoms with Gasteiger partial charge < -0.3 is 5.11 Å². The highest BCUT2D eigenvalue weighted by atomic mass is 19.4. The molecule has 8 heteroatoms. The number of alkyl halides is 6. The molecule has 0 aromatic heterocycles. The van der Waals surface area contributed by atoms with Crippen LogP contribution in [-0.2, 0) is 17.1 Å². The molecule has 2 nitrogen and oxygen atoms in total. The minimum atomic E-state index is -5.14. The molecule has 2 unspecified atom stereocenters. The number of hydrogen-bond acceptors (Lipinski definition) is 2. The number of aliphatic hydroxyl groups is 1. The minimum Gasteiger partial charge on any atom is -0.392 e. The Bertz CT molecular complexity index is 614. The van der Waals surface area contributed by atoms with Crippen LogP contribution in [0.5, 0.6) is 0 Å². The third-order valence-corrected chi connectivity index (χ3v) is 3.20. The number of aliphatic hydroxyl groups excluding tert-OH is 1. The Morgan fingerprint density at radius 3 is 1.74 bits per heavy atom. The van der Waals surface area contributed by atoms with Gasteiger partial charge in [-0.1, -0.05) is 5.92 Å². The summed E-state index contributed by atoms with van der Waals surface area (Å²) in [6.45, 7) is 2.06. The van der Waals surface area contributed by atoms with Crippen LogP contribution in [0.2, 0.25) is 0 Å². The number of benzene rings is 1. The molecular formula is C15H12F6O2. The van der Waals surface area contributed by atoms with Gasteiger partial charge in [0.15, 0.2) is 0 Å². The maximum atomic E-state index is 13.0. The highest BCUT2D eigenvalue weighted by Crippen LogP contribution is 2.41. The molecule has 0 aliphatic heterocycles. The third-order valence-electron chi connectivity index (χ3n) is 3.20. The molecule has 1 aromatic carbocycles. The maximum Gasteiger partial charge on any atom is 0.417 e. The molecule has 0 aliphatic carbocycles. The Balaban J connectivity index is 3.84. The molecule has 0 fully saturated rings. The van der Waals surface area contributed by atoms with E-state index in [1.54, 1.807) is 0 Å². The van der Waals surface area contributed by atoms with Gasteiger partial charge in [-0.2, -0.15) is 26.3 Å². The standard InChI is InChI=1S/C15H12F6O2/c1-4-10-11(14(16,17)18)5-9(6-12(10)15(19,20)21)13(7(2)22)8(3)23/h1,5-7,13,22H,2-3H3. The highest BCUT2D eigenvalue weighted by molar-refractivity contribution is 5.84. The largest absolute Gasteiger partial charge is 0.417 e. The lowest BCUT2D eigenvalue weighted by atomic mass is 9.86. The van der Waals surface area contributed by atoms with Gasteiger partial charge in [-0.25, -0.2) is 0 Å². The van der Waals surface area contributed by atoms with E-state index in [4.69, 9.17) is 6.42 Å². The van der Waals surface area contributed by atoms with E-state index < -0.39 is 52.4 Å². The summed E-state index contributed by atoms with van der Waals surface area (Å²) in [6.07, 6.45) is -6.92. The second-order valence-corrected chi connectivity index (χ2v) is 4.96. The zero-order valence-corrected chi connectivity index (χ0v) is 12.0. The molecule has 0 saturated carbocycles. The normalized spacial score (nSPS) is 15.0. The predicted octanol–water partition coefficient (Wildman–Crippen LogP) is 3.76. The van der Waals surface area contributed by atoms with E-state index in [0.717, 1.165) is 13.8 Å². The lowest BCUT2D eigenvalue weighted by molar-refractivity contribution is -0.143. The molecule has 1 rings (SSSR count). The van der Waals surface area contributed by atoms with Gasteiger partial charge in [0.2, 0.25) is 0 Å². The van der Waals surface area contributed by atoms with Crippen LogP contribution in [0.3, 0.4) is 0 Å². The van der Waals surface area contributed by atoms with Crippen molar-refractivity contribution in [3.8, 4) is 12.3 Å². The number of halogens is 6. The first-order valence-electron chi connectivity index (χ1n) is 6.28. The van der Waals surface area contributed by atoms with Gasteiger partial charge >= 0.3 is 12.4 Å². The van der Waals surface area contributed by atoms with Crippen molar-refractivity contribution in [2.24, 2.45) is 0 Å². The van der Waals surface area contributed by atoms with Crippen LogP contribution >= 0.6 is 0 Å². The Kier molecular flexibility index (Phi) is 5.16. The fourth-order valence-corrected chi connectivity index (χ4v) is 2.30. The van der Waals surface area contributed by atoms with Gasteiger partial charge in [-0.05, 0) is 31.5 Å². The van der Waals surface area contributed by atoms with E-state index in [2.05, 4.69) is 0 Å². The third kappa shape index (κ3) is 4.05. The van der Waals surface area contributed by atoms with E-state index in [0.29, 0.717) is 12.1 Å². The number of rotatable bonds is 3. The Morgan fingerprint density at radius 1 is 1.13 bits per heavy atom. The summed E-state index contributed by atoms with van der Waals surface area (Å²) in [5, 5.41) is 9.53. The molecule has 23 heavy (non-hydrogen) atoms. The molecule has 0 spiro atoms. The fraction of sp³-hybridized carbons (Fsp3) is 0.400. The summed E-state index contributed by atoms with van der Waals surface area (Å²) in [5.41, 5.74) is -5.28. The molecular weight excluding hydrogens is 326 g/mol. The van der Waals surface area contributed by atoms with Crippen LogP contribution < -0.4 is 0 Å². The predicted molar refractivity (Wildman–Crippen MR) is 69.5 cm³/mol. The van der Waals surface area contributed by atoms with Crippen molar-refractivity contribution in [3.63, 3.8) is 0 Å². The molecule has 1 N–H and O–H groups in total. The van der Waals surface area contributed by atoms with Crippen molar-refractivity contribution in [2.75, 3.05) is 0 Å². The van der Waals surface area contributed by atoms with Gasteiger partial charge in [0.25, 0.3) is 0 Å². The molecule has 0 amide bonds. The van der Waals surface area contributed by atoms with Gasteiger partial charge in [0.05, 0.1) is 23.1 Å². The van der Waals surface area contributed by atoms with Crippen molar-refractivity contribution in [2.45, 2.75) is 38.2 Å². The summed E-state index contributed by atoms with van der Waals surface area (Å²) >= 11 is 0. The SMILES string of the molecule is C#Cc1c(C(F)(F)F)cc(C(C(C)=O)C(C)O)cc1C(F)(F)F. The Morgan fingerprint density at radius 2 is 1.52 bits per heavy atom. The number of carbonyl (C=O) groups excluding carboxylic acids is 1. The average molecular weight is 338 g/mol. The van der Waals surface area contributed by atoms with Crippen molar-refractivity contribution in [1.29, 1.82) is 0 Å². The second-order valence-electron chi connectivity index (χ2n) is 4.96. The van der Waals surface area contributed by atoms with Crippen molar-refractivity contribution in [3.05, 3.63) is 34.4 Å². The Hall–Kier alpha value is -2.01. The summed E-state index contributed by atoms with van der Waals surface area (Å²) < 4.78 is 78.2. The van der Waals surface area contributed by atoms with E-state index in [-0.39, 0.29) is 0 Å². The monoisotopic (exact) mass is 338 g/mol. The van der Waals surface area contributed by atoms with Crippen LogP contribution in [0.4, 0.5) is 26.3 Å². The average Bonchev–Trinajstić information content (AvgIpc) is 2.34. The van der Waals surface area contributed by atoms with Crippen molar-refractivity contribution in [1.82, 2.24) is 0 Å². The van der Waals surface area contributed by atoms with E-state index in [9.17, 15) is 36.2 Å². The highest BCUT2D eigenvalue weighted by Gasteiger charge is 2.42. The second kappa shape index (κ2) is 6.24. The van der Waals surface area contributed by atoms with Crippen molar-refractivity contribution >= 4 is 5.78 Å². The van der Waals surface area contributed by atoms with Gasteiger partial charge in [-0.3, -0.25) is 4.79 Å². The zero-order valence-electron chi connectivity index (χ0n) is 12.0. The summed E-state index contributed by atoms with van der Waals surface area (Å²) in [5.74, 6) is -0.878. The molecule has 2 atom stereocenters. The van der Waals surface area contributed by atoms with Gasteiger partial charge in [0.1, 0.15) is 5.78 Å². The van der Waals surface area contributed by atoms with E-state index in [1.807, 2.05) is 0 Å². The Labute approximate surface area is 128 Å². The molecule has 0 radical (unpaired) electrons. The van der Waals surface area contributed by atoms with Crippen LogP contribution in [0, 0.1) is 12.3 Å². The number of Topliss-reactive ketones (excluding diaryl/α,β-unsaturated/α-hetero) is 1. The topological polar surface area (TPSA) is 37.3 Å². The first-order valence-corrected chi connectivity index (χ1v) is 6.28. The quantitative estimate of drug-likeness (QED) is 0.673. The number of carbonyl (C=O) groups is 1. The number of ketones is 1. The first kappa shape index (κ1) is 19.0. The fourth-order valence-electron chi connectivity index (χ4n) is 2.30. The zero-order chi connectivity index (χ0) is 18.2. The van der Waals surface area contributed by atoms with Gasteiger partial charge in [-0.15, -0.1) is 6.42 Å². The molecule has 1 aromatic rings. The molecule has 0 saturated heterocycles. The molecule has 0 aliphatic rings. The smallest absolute Gasteiger partial charge is 0.392 e. The van der Waals surface area contributed by atoms with Crippen LogP contribution in [0.15, 0.2) is 12.1 Å². The lowest BCUT2D eigenvalue weighted by Crippen LogP contribution is -2.24. The van der Waals surface area contributed by atoms with E-state index in [1.165, 1.54) is 5.92 Å². The molecule has 0 bridgehead atoms. The maximum absolute atomic E-state index is 13.0. The minimum absolute atomic E-state index is 0.378.